The predicted octanol–water partition coefficient (Wildman–Crippen LogP) is 3.99. The Hall–Kier alpha value is -2.53. The molecule has 2 aromatic carbocycles. The van der Waals surface area contributed by atoms with Gasteiger partial charge in [0, 0.05) is 6.92 Å². The first-order valence-corrected chi connectivity index (χ1v) is 7.72. The van der Waals surface area contributed by atoms with Crippen molar-refractivity contribution >= 4 is 38.8 Å². The molecule has 0 atom stereocenters. The second-order valence-electron chi connectivity index (χ2n) is 4.95. The number of aromatic nitrogens is 1. The van der Waals surface area contributed by atoms with Crippen LogP contribution >= 0.6 is 11.3 Å². The van der Waals surface area contributed by atoms with Gasteiger partial charge in [-0.05, 0) is 24.6 Å². The number of nitrogens with zero attached hydrogens (tertiary/aromatic N) is 3. The van der Waals surface area contributed by atoms with Crippen LogP contribution in [0.3, 0.4) is 0 Å². The topological polar surface area (TPSA) is 45.6 Å². The third-order valence-corrected chi connectivity index (χ3v) is 4.17. The molecule has 1 heterocycles. The Bertz CT molecular complexity index is 803. The molecule has 0 bridgehead atoms. The Labute approximate surface area is 132 Å². The smallest absolute Gasteiger partial charge is 0.246 e. The highest BCUT2D eigenvalue weighted by atomic mass is 32.1. The molecule has 0 aliphatic heterocycles. The zero-order valence-electron chi connectivity index (χ0n) is 12.4. The molecule has 0 aliphatic carbocycles. The average Bonchev–Trinajstić information content (AvgIpc) is 2.92. The summed E-state index contributed by atoms with van der Waals surface area (Å²) in [6.07, 6.45) is 1.67. The SMILES string of the molecule is CC(=O)N(/N=C/c1ccc(C)cc1)c1nc2ccccc2s1. The summed E-state index contributed by atoms with van der Waals surface area (Å²) in [6, 6.07) is 15.8. The van der Waals surface area contributed by atoms with Gasteiger partial charge in [-0.15, -0.1) is 0 Å². The molecule has 1 aromatic heterocycles. The molecular weight excluding hydrogens is 294 g/mol. The molecule has 0 unspecified atom stereocenters. The highest BCUT2D eigenvalue weighted by Crippen LogP contribution is 2.28. The van der Waals surface area contributed by atoms with Gasteiger partial charge < -0.3 is 0 Å². The summed E-state index contributed by atoms with van der Waals surface area (Å²) < 4.78 is 1.04. The number of carbonyl (C=O) groups is 1. The van der Waals surface area contributed by atoms with Crippen molar-refractivity contribution in [2.45, 2.75) is 13.8 Å². The van der Waals surface area contributed by atoms with Crippen molar-refractivity contribution in [3.05, 3.63) is 59.7 Å². The van der Waals surface area contributed by atoms with E-state index in [9.17, 15) is 4.79 Å². The summed E-state index contributed by atoms with van der Waals surface area (Å²) in [4.78, 5) is 16.3. The van der Waals surface area contributed by atoms with E-state index in [1.165, 1.54) is 28.8 Å². The van der Waals surface area contributed by atoms with Crippen LogP contribution in [0, 0.1) is 6.92 Å². The van der Waals surface area contributed by atoms with Crippen molar-refractivity contribution < 1.29 is 4.79 Å². The largest absolute Gasteiger partial charge is 0.273 e. The average molecular weight is 309 g/mol. The number of amides is 1. The normalized spacial score (nSPS) is 11.2. The predicted molar refractivity (Wildman–Crippen MR) is 91.6 cm³/mol. The number of anilines is 1. The number of rotatable bonds is 3. The lowest BCUT2D eigenvalue weighted by molar-refractivity contribution is -0.116. The van der Waals surface area contributed by atoms with E-state index >= 15 is 0 Å². The van der Waals surface area contributed by atoms with Gasteiger partial charge in [0.15, 0.2) is 0 Å². The quantitative estimate of drug-likeness (QED) is 0.542. The van der Waals surface area contributed by atoms with Crippen molar-refractivity contribution in [1.82, 2.24) is 4.98 Å². The minimum Gasteiger partial charge on any atom is -0.273 e. The van der Waals surface area contributed by atoms with E-state index in [-0.39, 0.29) is 5.91 Å². The maximum atomic E-state index is 11.9. The molecule has 3 rings (SSSR count). The van der Waals surface area contributed by atoms with Crippen LogP contribution in [0.1, 0.15) is 18.1 Å². The van der Waals surface area contributed by atoms with E-state index in [0.717, 1.165) is 15.8 Å². The van der Waals surface area contributed by atoms with Crippen LogP contribution in [0.2, 0.25) is 0 Å². The number of para-hydroxylation sites is 1. The second-order valence-corrected chi connectivity index (χ2v) is 5.96. The zero-order chi connectivity index (χ0) is 15.5. The molecule has 22 heavy (non-hydrogen) atoms. The zero-order valence-corrected chi connectivity index (χ0v) is 13.2. The molecule has 4 nitrogen and oxygen atoms in total. The summed E-state index contributed by atoms with van der Waals surface area (Å²) in [5.41, 5.74) is 3.00. The van der Waals surface area contributed by atoms with Gasteiger partial charge in [-0.1, -0.05) is 53.3 Å². The van der Waals surface area contributed by atoms with Gasteiger partial charge in [-0.3, -0.25) is 4.79 Å². The highest BCUT2D eigenvalue weighted by molar-refractivity contribution is 7.22. The molecular formula is C17H15N3OS. The molecule has 3 aromatic rings. The summed E-state index contributed by atoms with van der Waals surface area (Å²) >= 11 is 1.45. The van der Waals surface area contributed by atoms with E-state index in [4.69, 9.17) is 0 Å². The Morgan fingerprint density at radius 2 is 1.91 bits per heavy atom. The molecule has 0 spiro atoms. The Balaban J connectivity index is 1.92. The number of hydrazone groups is 1. The summed E-state index contributed by atoms with van der Waals surface area (Å²) in [5.74, 6) is -0.164. The molecule has 0 N–H and O–H groups in total. The Kier molecular flexibility index (Phi) is 3.98. The number of thiazole rings is 1. The van der Waals surface area contributed by atoms with E-state index in [2.05, 4.69) is 10.1 Å². The first-order valence-electron chi connectivity index (χ1n) is 6.90. The second kappa shape index (κ2) is 6.07. The molecule has 0 saturated heterocycles. The molecule has 5 heteroatoms. The third kappa shape index (κ3) is 3.04. The van der Waals surface area contributed by atoms with Crippen LogP contribution in [0.15, 0.2) is 53.6 Å². The molecule has 110 valence electrons. The van der Waals surface area contributed by atoms with Gasteiger partial charge in [0.25, 0.3) is 0 Å². The van der Waals surface area contributed by atoms with Crippen molar-refractivity contribution in [1.29, 1.82) is 0 Å². The lowest BCUT2D eigenvalue weighted by atomic mass is 10.2. The number of aryl methyl sites for hydroxylation is 1. The summed E-state index contributed by atoms with van der Waals surface area (Å²) in [5, 5.41) is 6.21. The maximum Gasteiger partial charge on any atom is 0.246 e. The van der Waals surface area contributed by atoms with Crippen LogP contribution in [-0.4, -0.2) is 17.1 Å². The Morgan fingerprint density at radius 1 is 1.18 bits per heavy atom. The van der Waals surface area contributed by atoms with Crippen LogP contribution in [0.25, 0.3) is 10.2 Å². The monoisotopic (exact) mass is 309 g/mol. The van der Waals surface area contributed by atoms with Gasteiger partial charge in [-0.2, -0.15) is 10.1 Å². The molecule has 0 radical (unpaired) electrons. The van der Waals surface area contributed by atoms with Crippen molar-refractivity contribution in [3.8, 4) is 0 Å². The van der Waals surface area contributed by atoms with E-state index in [1.807, 2.05) is 55.5 Å². The third-order valence-electron chi connectivity index (χ3n) is 3.16. The fourth-order valence-corrected chi connectivity index (χ4v) is 2.96. The molecule has 0 aliphatic rings. The number of hydrogen-bond donors (Lipinski definition) is 0. The first-order chi connectivity index (χ1) is 10.6. The van der Waals surface area contributed by atoms with Gasteiger partial charge in [0.05, 0.1) is 16.4 Å². The number of benzene rings is 2. The van der Waals surface area contributed by atoms with Crippen molar-refractivity contribution in [2.24, 2.45) is 5.10 Å². The fourth-order valence-electron chi connectivity index (χ4n) is 1.99. The highest BCUT2D eigenvalue weighted by Gasteiger charge is 2.15. The van der Waals surface area contributed by atoms with Gasteiger partial charge in [-0.25, -0.2) is 4.98 Å². The molecule has 0 saturated carbocycles. The lowest BCUT2D eigenvalue weighted by Crippen LogP contribution is -2.22. The standard InChI is InChI=1S/C17H15N3OS/c1-12-7-9-14(10-8-12)11-18-20(13(2)21)17-19-15-5-3-4-6-16(15)22-17/h3-11H,1-2H3/b18-11+. The van der Waals surface area contributed by atoms with Crippen molar-refractivity contribution in [3.63, 3.8) is 0 Å². The fraction of sp³-hybridized carbons (Fsp3) is 0.118. The maximum absolute atomic E-state index is 11.9. The van der Waals surface area contributed by atoms with Gasteiger partial charge in [0.2, 0.25) is 11.0 Å². The molecule has 0 fully saturated rings. The van der Waals surface area contributed by atoms with Gasteiger partial charge >= 0.3 is 0 Å². The van der Waals surface area contributed by atoms with E-state index < -0.39 is 0 Å². The van der Waals surface area contributed by atoms with Crippen molar-refractivity contribution in [2.75, 3.05) is 5.01 Å². The van der Waals surface area contributed by atoms with Crippen LogP contribution < -0.4 is 5.01 Å². The van der Waals surface area contributed by atoms with Crippen LogP contribution in [-0.2, 0) is 4.79 Å². The van der Waals surface area contributed by atoms with E-state index in [0.29, 0.717) is 5.13 Å². The Morgan fingerprint density at radius 3 is 2.59 bits per heavy atom. The minimum atomic E-state index is -0.164. The van der Waals surface area contributed by atoms with E-state index in [1.54, 1.807) is 6.21 Å². The first kappa shape index (κ1) is 14.4. The lowest BCUT2D eigenvalue weighted by Gasteiger charge is -2.10. The number of hydrogen-bond acceptors (Lipinski definition) is 4. The molecule has 1 amide bonds. The van der Waals surface area contributed by atoms with Crippen LogP contribution in [0.4, 0.5) is 5.13 Å². The van der Waals surface area contributed by atoms with Crippen LogP contribution in [0.5, 0.6) is 0 Å². The summed E-state index contributed by atoms with van der Waals surface area (Å²) in [7, 11) is 0. The summed E-state index contributed by atoms with van der Waals surface area (Å²) in [6.45, 7) is 3.52. The van der Waals surface area contributed by atoms with Gasteiger partial charge in [0.1, 0.15) is 0 Å². The minimum absolute atomic E-state index is 0.164. The number of carbonyl (C=O) groups excluding carboxylic acids is 1. The number of fused-ring (bicyclic) bond motifs is 1.